The summed E-state index contributed by atoms with van der Waals surface area (Å²) in [6, 6.07) is 6.98. The fourth-order valence-corrected chi connectivity index (χ4v) is 2.04. The van der Waals surface area contributed by atoms with Gasteiger partial charge in [0.15, 0.2) is 0 Å². The normalized spacial score (nSPS) is 11.6. The van der Waals surface area contributed by atoms with E-state index in [9.17, 15) is 0 Å². The first-order chi connectivity index (χ1) is 7.59. The van der Waals surface area contributed by atoms with Crippen molar-refractivity contribution in [3.05, 3.63) is 35.0 Å². The zero-order valence-corrected chi connectivity index (χ0v) is 10.5. The number of para-hydroxylation sites is 1. The van der Waals surface area contributed by atoms with E-state index in [1.165, 1.54) is 27.7 Å². The molecule has 0 bridgehead atoms. The van der Waals surface area contributed by atoms with Crippen LogP contribution in [0.3, 0.4) is 0 Å². The van der Waals surface area contributed by atoms with Crippen LogP contribution in [0.25, 0.3) is 10.9 Å². The molecule has 1 aromatic heterocycles. The van der Waals surface area contributed by atoms with Gasteiger partial charge in [-0.3, -0.25) is 0 Å². The van der Waals surface area contributed by atoms with Gasteiger partial charge in [-0.1, -0.05) is 32.0 Å². The Bertz CT molecular complexity index is 495. The lowest BCUT2D eigenvalue weighted by molar-refractivity contribution is 0.582. The predicted molar refractivity (Wildman–Crippen MR) is 69.7 cm³/mol. The smallest absolute Gasteiger partial charge is 0.0488 e. The van der Waals surface area contributed by atoms with Crippen LogP contribution in [0, 0.1) is 13.8 Å². The highest BCUT2D eigenvalue weighted by Gasteiger charge is 2.08. The van der Waals surface area contributed by atoms with E-state index in [1.807, 2.05) is 0 Å². The van der Waals surface area contributed by atoms with E-state index < -0.39 is 0 Å². The van der Waals surface area contributed by atoms with Crippen molar-refractivity contribution in [2.75, 3.05) is 0 Å². The molecule has 2 rings (SSSR count). The molecule has 2 aromatic rings. The molecule has 0 radical (unpaired) electrons. The third-order valence-electron chi connectivity index (χ3n) is 3.09. The molecule has 0 aliphatic heterocycles. The van der Waals surface area contributed by atoms with E-state index in [4.69, 9.17) is 0 Å². The Labute approximate surface area is 97.1 Å². The Morgan fingerprint density at radius 3 is 2.62 bits per heavy atom. The number of benzene rings is 1. The van der Waals surface area contributed by atoms with E-state index in [0.29, 0.717) is 6.04 Å². The van der Waals surface area contributed by atoms with E-state index >= 15 is 0 Å². The van der Waals surface area contributed by atoms with Crippen LogP contribution in [0.1, 0.15) is 30.7 Å². The molecular formula is C14H20N2. The molecule has 0 saturated carbocycles. The third-order valence-corrected chi connectivity index (χ3v) is 3.09. The van der Waals surface area contributed by atoms with Crippen LogP contribution in [0.2, 0.25) is 0 Å². The molecule has 0 fully saturated rings. The summed E-state index contributed by atoms with van der Waals surface area (Å²) in [5.41, 5.74) is 5.27. The number of aryl methyl sites for hydroxylation is 2. The fraction of sp³-hybridized carbons (Fsp3) is 0.429. The van der Waals surface area contributed by atoms with Crippen molar-refractivity contribution in [1.82, 2.24) is 10.3 Å². The number of rotatable bonds is 3. The molecule has 1 aromatic carbocycles. The fourth-order valence-electron chi connectivity index (χ4n) is 2.04. The zero-order chi connectivity index (χ0) is 11.7. The molecule has 0 amide bonds. The Kier molecular flexibility index (Phi) is 3.01. The van der Waals surface area contributed by atoms with Crippen molar-refractivity contribution in [3.8, 4) is 0 Å². The number of nitrogens with one attached hydrogen (secondary N) is 2. The minimum Gasteiger partial charge on any atom is -0.357 e. The van der Waals surface area contributed by atoms with Gasteiger partial charge in [-0.15, -0.1) is 0 Å². The first-order valence-electron chi connectivity index (χ1n) is 5.89. The van der Waals surface area contributed by atoms with Crippen molar-refractivity contribution >= 4 is 10.9 Å². The van der Waals surface area contributed by atoms with Gasteiger partial charge < -0.3 is 10.3 Å². The Balaban J connectivity index is 2.40. The largest absolute Gasteiger partial charge is 0.357 e. The van der Waals surface area contributed by atoms with Crippen LogP contribution in [0.4, 0.5) is 0 Å². The highest BCUT2D eigenvalue weighted by molar-refractivity contribution is 5.86. The van der Waals surface area contributed by atoms with E-state index in [0.717, 1.165) is 6.54 Å². The predicted octanol–water partition coefficient (Wildman–Crippen LogP) is 3.28. The molecule has 1 heterocycles. The van der Waals surface area contributed by atoms with Gasteiger partial charge in [0.25, 0.3) is 0 Å². The van der Waals surface area contributed by atoms with E-state index in [2.05, 4.69) is 56.2 Å². The summed E-state index contributed by atoms with van der Waals surface area (Å²) in [7, 11) is 0. The van der Waals surface area contributed by atoms with Crippen molar-refractivity contribution in [2.45, 2.75) is 40.3 Å². The van der Waals surface area contributed by atoms with Crippen LogP contribution in [-0.2, 0) is 6.54 Å². The van der Waals surface area contributed by atoms with Crippen LogP contribution in [0.15, 0.2) is 18.2 Å². The Hall–Kier alpha value is -1.28. The summed E-state index contributed by atoms with van der Waals surface area (Å²) < 4.78 is 0. The van der Waals surface area contributed by atoms with Crippen molar-refractivity contribution < 1.29 is 0 Å². The lowest BCUT2D eigenvalue weighted by Gasteiger charge is -2.07. The molecular weight excluding hydrogens is 196 g/mol. The number of hydrogen-bond donors (Lipinski definition) is 2. The maximum Gasteiger partial charge on any atom is 0.0488 e. The van der Waals surface area contributed by atoms with Gasteiger partial charge in [-0.05, 0) is 25.0 Å². The van der Waals surface area contributed by atoms with Crippen molar-refractivity contribution in [3.63, 3.8) is 0 Å². The second-order valence-electron chi connectivity index (χ2n) is 4.76. The molecule has 16 heavy (non-hydrogen) atoms. The van der Waals surface area contributed by atoms with Crippen LogP contribution < -0.4 is 5.32 Å². The van der Waals surface area contributed by atoms with Gasteiger partial charge in [-0.25, -0.2) is 0 Å². The molecule has 2 nitrogen and oxygen atoms in total. The SMILES string of the molecule is Cc1c(CNC(C)C)[nH]c2c(C)cccc12. The molecule has 0 aliphatic carbocycles. The molecule has 0 saturated heterocycles. The van der Waals surface area contributed by atoms with Crippen molar-refractivity contribution in [2.24, 2.45) is 0 Å². The summed E-state index contributed by atoms with van der Waals surface area (Å²) in [6.07, 6.45) is 0. The molecule has 0 spiro atoms. The van der Waals surface area contributed by atoms with Gasteiger partial charge in [0.2, 0.25) is 0 Å². The van der Waals surface area contributed by atoms with E-state index in [-0.39, 0.29) is 0 Å². The van der Waals surface area contributed by atoms with Gasteiger partial charge >= 0.3 is 0 Å². The molecule has 0 atom stereocenters. The molecule has 86 valence electrons. The minimum absolute atomic E-state index is 0.520. The third kappa shape index (κ3) is 1.98. The average molecular weight is 216 g/mol. The highest BCUT2D eigenvalue weighted by Crippen LogP contribution is 2.24. The summed E-state index contributed by atoms with van der Waals surface area (Å²) in [5.74, 6) is 0. The average Bonchev–Trinajstić information content (AvgIpc) is 2.55. The van der Waals surface area contributed by atoms with Crippen LogP contribution in [-0.4, -0.2) is 11.0 Å². The number of aromatic amines is 1. The summed E-state index contributed by atoms with van der Waals surface area (Å²) in [6.45, 7) is 9.59. The van der Waals surface area contributed by atoms with Gasteiger partial charge in [0.1, 0.15) is 0 Å². The first-order valence-corrected chi connectivity index (χ1v) is 5.89. The van der Waals surface area contributed by atoms with E-state index in [1.54, 1.807) is 0 Å². The van der Waals surface area contributed by atoms with Gasteiger partial charge in [-0.2, -0.15) is 0 Å². The highest BCUT2D eigenvalue weighted by atomic mass is 14.9. The topological polar surface area (TPSA) is 27.8 Å². The van der Waals surface area contributed by atoms with Gasteiger partial charge in [0, 0.05) is 29.2 Å². The number of H-pyrrole nitrogens is 1. The monoisotopic (exact) mass is 216 g/mol. The molecule has 2 heteroatoms. The van der Waals surface area contributed by atoms with Crippen LogP contribution in [0.5, 0.6) is 0 Å². The second-order valence-corrected chi connectivity index (χ2v) is 4.76. The Morgan fingerprint density at radius 2 is 2.00 bits per heavy atom. The van der Waals surface area contributed by atoms with Gasteiger partial charge in [0.05, 0.1) is 0 Å². The van der Waals surface area contributed by atoms with Crippen LogP contribution >= 0.6 is 0 Å². The quantitative estimate of drug-likeness (QED) is 0.809. The van der Waals surface area contributed by atoms with Crippen molar-refractivity contribution in [1.29, 1.82) is 0 Å². The summed E-state index contributed by atoms with van der Waals surface area (Å²) >= 11 is 0. The molecule has 2 N–H and O–H groups in total. The Morgan fingerprint density at radius 1 is 1.25 bits per heavy atom. The number of hydrogen-bond acceptors (Lipinski definition) is 1. The molecule has 0 aliphatic rings. The maximum absolute atomic E-state index is 3.52. The number of fused-ring (bicyclic) bond motifs is 1. The minimum atomic E-state index is 0.520. The molecule has 0 unspecified atom stereocenters. The lowest BCUT2D eigenvalue weighted by atomic mass is 10.1. The maximum atomic E-state index is 3.52. The first kappa shape index (κ1) is 11.2. The summed E-state index contributed by atoms with van der Waals surface area (Å²) in [5, 5.41) is 4.80. The zero-order valence-electron chi connectivity index (χ0n) is 10.5. The standard InChI is InChI=1S/C14H20N2/c1-9(2)15-8-13-11(4)12-7-5-6-10(3)14(12)16-13/h5-7,9,15-16H,8H2,1-4H3. The number of aromatic nitrogens is 1. The summed E-state index contributed by atoms with van der Waals surface area (Å²) in [4.78, 5) is 3.52. The second kappa shape index (κ2) is 4.30. The lowest BCUT2D eigenvalue weighted by Crippen LogP contribution is -2.22.